The number of hydrazine groups is 2. The molecule has 2 aromatic rings. The second-order valence-electron chi connectivity index (χ2n) is 13.3. The molecule has 2 saturated carbocycles. The Morgan fingerprint density at radius 1 is 0.500 bits per heavy atom. The number of hydrogen-bond acceptors (Lipinski definition) is 4. The molecule has 2 aromatic carbocycles. The quantitative estimate of drug-likeness (QED) is 0.472. The highest BCUT2D eigenvalue weighted by molar-refractivity contribution is 6.02. The molecule has 0 aromatic heterocycles. The van der Waals surface area contributed by atoms with Gasteiger partial charge in [0.25, 0.3) is 0 Å². The van der Waals surface area contributed by atoms with Crippen LogP contribution in [0.3, 0.4) is 0 Å². The molecule has 8 rings (SSSR count). The van der Waals surface area contributed by atoms with E-state index in [1.807, 2.05) is 0 Å². The molecule has 4 heteroatoms. The van der Waals surface area contributed by atoms with E-state index in [1.165, 1.54) is 73.5 Å². The van der Waals surface area contributed by atoms with Gasteiger partial charge in [-0.05, 0) is 105 Å². The third-order valence-corrected chi connectivity index (χ3v) is 8.93. The van der Waals surface area contributed by atoms with Crippen molar-refractivity contribution in [2.45, 2.75) is 128 Å². The standard InChI is InChI=1S/C30H44N4/c1-29(2,3)33-23-15-11-21(12-16-23)31(33)27-19-20-28(26-10-8-7-9-25(26)27)32-22-13-17-24(18-14-22)34(32)30(4,5)6/h7-10,19-24H,11-18H2,1-6H3. The monoisotopic (exact) mass is 460 g/mol. The molecule has 0 N–H and O–H groups in total. The highest BCUT2D eigenvalue weighted by Gasteiger charge is 2.47. The first-order valence-corrected chi connectivity index (χ1v) is 13.8. The normalized spacial score (nSPS) is 30.5. The average Bonchev–Trinajstić information content (AvgIpc) is 2.82. The van der Waals surface area contributed by atoms with Crippen molar-refractivity contribution in [2.75, 3.05) is 10.0 Å². The van der Waals surface area contributed by atoms with Crippen molar-refractivity contribution in [3.63, 3.8) is 0 Å². The predicted octanol–water partition coefficient (Wildman–Crippen LogP) is 7.13. The summed E-state index contributed by atoms with van der Waals surface area (Å²) in [7, 11) is 0. The van der Waals surface area contributed by atoms with Gasteiger partial charge < -0.3 is 10.0 Å². The zero-order valence-electron chi connectivity index (χ0n) is 22.2. The molecule has 6 aliphatic rings. The molecule has 2 aliphatic carbocycles. The van der Waals surface area contributed by atoms with Gasteiger partial charge in [0.2, 0.25) is 0 Å². The maximum Gasteiger partial charge on any atom is 0.0605 e. The summed E-state index contributed by atoms with van der Waals surface area (Å²) in [5.74, 6) is 0. The number of hydrogen-bond donors (Lipinski definition) is 0. The fourth-order valence-electron chi connectivity index (χ4n) is 7.83. The maximum atomic E-state index is 2.73. The largest absolute Gasteiger partial charge is 0.301 e. The topological polar surface area (TPSA) is 13.0 Å². The summed E-state index contributed by atoms with van der Waals surface area (Å²) >= 11 is 0. The van der Waals surface area contributed by atoms with Gasteiger partial charge in [-0.25, -0.2) is 10.0 Å². The van der Waals surface area contributed by atoms with E-state index in [1.54, 1.807) is 0 Å². The second kappa shape index (κ2) is 7.86. The predicted molar refractivity (Wildman–Crippen MR) is 144 cm³/mol. The summed E-state index contributed by atoms with van der Waals surface area (Å²) in [5.41, 5.74) is 3.07. The SMILES string of the molecule is CC(C)(C)N1C2CCC(CC2)N1c1ccc(N2C3CCC(CC3)N2C(C)(C)C)c2ccccc12. The smallest absolute Gasteiger partial charge is 0.0605 e. The number of nitrogens with zero attached hydrogens (tertiary/aromatic N) is 4. The van der Waals surface area contributed by atoms with Crippen LogP contribution in [0.15, 0.2) is 36.4 Å². The van der Waals surface area contributed by atoms with Crippen molar-refractivity contribution in [2.24, 2.45) is 0 Å². The van der Waals surface area contributed by atoms with Gasteiger partial charge in [-0.3, -0.25) is 0 Å². The van der Waals surface area contributed by atoms with E-state index < -0.39 is 0 Å². The van der Waals surface area contributed by atoms with Crippen LogP contribution in [0.1, 0.15) is 92.9 Å². The third-order valence-electron chi connectivity index (χ3n) is 8.93. The van der Waals surface area contributed by atoms with E-state index in [0.717, 1.165) is 0 Å². The Morgan fingerprint density at radius 3 is 1.15 bits per heavy atom. The van der Waals surface area contributed by atoms with Crippen molar-refractivity contribution >= 4 is 22.1 Å². The molecule has 4 heterocycles. The highest BCUT2D eigenvalue weighted by Crippen LogP contribution is 2.48. The van der Waals surface area contributed by atoms with Crippen molar-refractivity contribution in [1.29, 1.82) is 0 Å². The van der Waals surface area contributed by atoms with E-state index in [2.05, 4.69) is 98.0 Å². The summed E-state index contributed by atoms with van der Waals surface area (Å²) in [6.45, 7) is 14.4. The lowest BCUT2D eigenvalue weighted by atomic mass is 9.83. The minimum atomic E-state index is 0.124. The molecular weight excluding hydrogens is 416 g/mol. The molecule has 34 heavy (non-hydrogen) atoms. The number of fused-ring (bicyclic) bond motifs is 7. The van der Waals surface area contributed by atoms with Crippen LogP contribution in [0.5, 0.6) is 0 Å². The summed E-state index contributed by atoms with van der Waals surface area (Å²) < 4.78 is 0. The lowest BCUT2D eigenvalue weighted by Gasteiger charge is -2.60. The van der Waals surface area contributed by atoms with Gasteiger partial charge >= 0.3 is 0 Å². The highest BCUT2D eigenvalue weighted by atomic mass is 15.7. The molecule has 4 saturated heterocycles. The van der Waals surface area contributed by atoms with Crippen LogP contribution in [-0.2, 0) is 0 Å². The molecule has 6 fully saturated rings. The Bertz CT molecular complexity index is 963. The molecule has 0 atom stereocenters. The minimum absolute atomic E-state index is 0.124. The molecule has 0 unspecified atom stereocenters. The molecule has 0 spiro atoms. The fourth-order valence-corrected chi connectivity index (χ4v) is 7.83. The fraction of sp³-hybridized carbons (Fsp3) is 0.667. The van der Waals surface area contributed by atoms with Crippen molar-refractivity contribution in [3.05, 3.63) is 36.4 Å². The first kappa shape index (κ1) is 22.7. The Labute approximate surface area is 206 Å². The molecular formula is C30H44N4. The summed E-state index contributed by atoms with van der Waals surface area (Å²) in [6, 6.07) is 16.7. The van der Waals surface area contributed by atoms with Crippen molar-refractivity contribution in [1.82, 2.24) is 10.0 Å². The zero-order chi connectivity index (χ0) is 23.8. The first-order chi connectivity index (χ1) is 16.1. The van der Waals surface area contributed by atoms with E-state index in [0.29, 0.717) is 24.2 Å². The summed E-state index contributed by atoms with van der Waals surface area (Å²) in [4.78, 5) is 0. The second-order valence-corrected chi connectivity index (χ2v) is 13.3. The van der Waals surface area contributed by atoms with Crippen LogP contribution in [0.25, 0.3) is 10.8 Å². The lowest BCUT2D eigenvalue weighted by molar-refractivity contribution is -0.0147. The number of benzene rings is 2. The van der Waals surface area contributed by atoms with Gasteiger partial charge in [-0.1, -0.05) is 24.3 Å². The molecule has 0 amide bonds. The van der Waals surface area contributed by atoms with Crippen molar-refractivity contribution in [3.8, 4) is 0 Å². The van der Waals surface area contributed by atoms with Crippen LogP contribution < -0.4 is 10.0 Å². The first-order valence-electron chi connectivity index (χ1n) is 13.8. The molecule has 4 nitrogen and oxygen atoms in total. The van der Waals surface area contributed by atoms with E-state index in [-0.39, 0.29) is 11.1 Å². The van der Waals surface area contributed by atoms with Crippen LogP contribution in [0, 0.1) is 0 Å². The molecule has 184 valence electrons. The van der Waals surface area contributed by atoms with Gasteiger partial charge in [0.1, 0.15) is 0 Å². The van der Waals surface area contributed by atoms with E-state index in [4.69, 9.17) is 0 Å². The van der Waals surface area contributed by atoms with Gasteiger partial charge in [0, 0.05) is 46.0 Å². The number of rotatable bonds is 2. The number of anilines is 2. The Kier molecular flexibility index (Phi) is 5.24. The van der Waals surface area contributed by atoms with Crippen LogP contribution in [-0.4, -0.2) is 45.3 Å². The zero-order valence-corrected chi connectivity index (χ0v) is 22.2. The van der Waals surface area contributed by atoms with Crippen LogP contribution in [0.2, 0.25) is 0 Å². The van der Waals surface area contributed by atoms with Crippen molar-refractivity contribution < 1.29 is 0 Å². The summed E-state index contributed by atoms with van der Waals surface area (Å²) in [5, 5.41) is 13.7. The van der Waals surface area contributed by atoms with Crippen LogP contribution >= 0.6 is 0 Å². The van der Waals surface area contributed by atoms with Gasteiger partial charge in [0.15, 0.2) is 0 Å². The van der Waals surface area contributed by atoms with Crippen LogP contribution in [0.4, 0.5) is 11.4 Å². The molecule has 4 bridgehead atoms. The third kappa shape index (κ3) is 3.47. The summed E-state index contributed by atoms with van der Waals surface area (Å²) in [6.07, 6.45) is 10.6. The minimum Gasteiger partial charge on any atom is -0.301 e. The van der Waals surface area contributed by atoms with Gasteiger partial charge in [-0.15, -0.1) is 0 Å². The van der Waals surface area contributed by atoms with Gasteiger partial charge in [0.05, 0.1) is 11.4 Å². The molecule has 4 aliphatic heterocycles. The Morgan fingerprint density at radius 2 is 0.824 bits per heavy atom. The molecule has 0 radical (unpaired) electrons. The van der Waals surface area contributed by atoms with E-state index in [9.17, 15) is 0 Å². The van der Waals surface area contributed by atoms with E-state index >= 15 is 0 Å². The lowest BCUT2D eigenvalue weighted by Crippen LogP contribution is -2.67. The van der Waals surface area contributed by atoms with Gasteiger partial charge in [-0.2, -0.15) is 0 Å². The Balaban J connectivity index is 1.49. The Hall–Kier alpha value is -1.78. The maximum absolute atomic E-state index is 2.73. The average molecular weight is 461 g/mol.